The van der Waals surface area contributed by atoms with Gasteiger partial charge in [0.15, 0.2) is 0 Å². The Balaban J connectivity index is 1.46. The maximum atomic E-state index is 5.49. The van der Waals surface area contributed by atoms with Gasteiger partial charge in [0, 0.05) is 50.0 Å². The van der Waals surface area contributed by atoms with Gasteiger partial charge in [0.2, 0.25) is 0 Å². The van der Waals surface area contributed by atoms with Crippen LogP contribution in [-0.4, -0.2) is 68.3 Å². The van der Waals surface area contributed by atoms with Crippen LogP contribution in [-0.2, 0) is 0 Å². The fourth-order valence-electron chi connectivity index (χ4n) is 4.35. The third kappa shape index (κ3) is 4.72. The third-order valence-corrected chi connectivity index (χ3v) is 6.21. The number of rotatable bonds is 4. The molecule has 2 heterocycles. The second kappa shape index (κ2) is 8.18. The van der Waals surface area contributed by atoms with E-state index >= 15 is 0 Å². The van der Waals surface area contributed by atoms with E-state index in [4.69, 9.17) is 4.74 Å². The first-order valence-corrected chi connectivity index (χ1v) is 10.2. The van der Waals surface area contributed by atoms with E-state index in [0.717, 1.165) is 24.8 Å². The first-order chi connectivity index (χ1) is 12.4. The van der Waals surface area contributed by atoms with Crippen molar-refractivity contribution in [2.75, 3.05) is 57.8 Å². The molecule has 0 radical (unpaired) electrons. The summed E-state index contributed by atoms with van der Waals surface area (Å²) in [7, 11) is 1.76. The molecule has 2 aliphatic heterocycles. The summed E-state index contributed by atoms with van der Waals surface area (Å²) in [5, 5.41) is 0. The minimum atomic E-state index is 0.325. The smallest absolute Gasteiger partial charge is 0.123 e. The van der Waals surface area contributed by atoms with Crippen molar-refractivity contribution >= 4 is 5.69 Å². The third-order valence-electron chi connectivity index (χ3n) is 6.21. The number of anilines is 1. The van der Waals surface area contributed by atoms with Gasteiger partial charge in [0.25, 0.3) is 0 Å². The van der Waals surface area contributed by atoms with Crippen LogP contribution in [0.4, 0.5) is 5.69 Å². The number of piperazine rings is 1. The number of piperidine rings is 1. The van der Waals surface area contributed by atoms with Gasteiger partial charge >= 0.3 is 0 Å². The van der Waals surface area contributed by atoms with Crippen molar-refractivity contribution in [1.82, 2.24) is 9.80 Å². The largest absolute Gasteiger partial charge is 0.496 e. The van der Waals surface area contributed by atoms with Crippen LogP contribution in [0.5, 0.6) is 5.75 Å². The van der Waals surface area contributed by atoms with Crippen molar-refractivity contribution in [3.05, 3.63) is 23.8 Å². The summed E-state index contributed by atoms with van der Waals surface area (Å²) < 4.78 is 5.49. The molecule has 0 aromatic heterocycles. The molecule has 3 rings (SSSR count). The van der Waals surface area contributed by atoms with Crippen LogP contribution in [0.25, 0.3) is 0 Å². The van der Waals surface area contributed by atoms with E-state index in [1.165, 1.54) is 56.8 Å². The highest BCUT2D eigenvalue weighted by molar-refractivity contribution is 5.53. The zero-order valence-electron chi connectivity index (χ0n) is 17.4. The standard InChI is InChI=1S/C22H37N3O/c1-18-6-7-20(16-21(18)26-5)24-14-12-23(13-15-24)17-19-8-10-25(11-9-19)22(2,3)4/h6-7,16,19H,8-15,17H2,1-5H3. The Morgan fingerprint density at radius 3 is 2.23 bits per heavy atom. The SMILES string of the molecule is COc1cc(N2CCN(CC3CCN(C(C)(C)C)CC3)CC2)ccc1C. The highest BCUT2D eigenvalue weighted by Gasteiger charge is 2.28. The topological polar surface area (TPSA) is 19.0 Å². The lowest BCUT2D eigenvalue weighted by atomic mass is 9.92. The molecule has 4 nitrogen and oxygen atoms in total. The molecule has 1 aromatic carbocycles. The van der Waals surface area contributed by atoms with Gasteiger partial charge in [-0.3, -0.25) is 9.80 Å². The van der Waals surface area contributed by atoms with Gasteiger partial charge in [0.05, 0.1) is 7.11 Å². The lowest BCUT2D eigenvalue weighted by Gasteiger charge is -2.43. The molecule has 0 amide bonds. The van der Waals surface area contributed by atoms with Crippen LogP contribution in [0.3, 0.4) is 0 Å². The van der Waals surface area contributed by atoms with Crippen LogP contribution in [0, 0.1) is 12.8 Å². The average Bonchev–Trinajstić information content (AvgIpc) is 2.62. The molecule has 2 saturated heterocycles. The summed E-state index contributed by atoms with van der Waals surface area (Å²) in [4.78, 5) is 7.83. The van der Waals surface area contributed by atoms with Gasteiger partial charge in [-0.25, -0.2) is 0 Å². The second-order valence-electron chi connectivity index (χ2n) is 9.04. The summed E-state index contributed by atoms with van der Waals surface area (Å²) in [5.41, 5.74) is 2.83. The van der Waals surface area contributed by atoms with Crippen molar-refractivity contribution in [3.63, 3.8) is 0 Å². The number of hydrogen-bond acceptors (Lipinski definition) is 4. The average molecular weight is 360 g/mol. The van der Waals surface area contributed by atoms with E-state index in [2.05, 4.69) is 60.6 Å². The predicted molar refractivity (Wildman–Crippen MR) is 110 cm³/mol. The highest BCUT2D eigenvalue weighted by atomic mass is 16.5. The quantitative estimate of drug-likeness (QED) is 0.817. The molecular formula is C22H37N3O. The summed E-state index contributed by atoms with van der Waals surface area (Å²) in [6.45, 7) is 17.5. The molecule has 4 heteroatoms. The van der Waals surface area contributed by atoms with Crippen molar-refractivity contribution in [1.29, 1.82) is 0 Å². The second-order valence-corrected chi connectivity index (χ2v) is 9.04. The van der Waals surface area contributed by atoms with Crippen LogP contribution < -0.4 is 9.64 Å². The maximum Gasteiger partial charge on any atom is 0.123 e. The van der Waals surface area contributed by atoms with Gasteiger partial charge in [-0.15, -0.1) is 0 Å². The Bertz CT molecular complexity index is 580. The molecule has 2 aliphatic rings. The van der Waals surface area contributed by atoms with E-state index in [-0.39, 0.29) is 0 Å². The van der Waals surface area contributed by atoms with E-state index in [1.807, 2.05) is 0 Å². The number of nitrogens with zero attached hydrogens (tertiary/aromatic N) is 3. The molecule has 0 bridgehead atoms. The first kappa shape index (κ1) is 19.5. The lowest BCUT2D eigenvalue weighted by Crippen LogP contribution is -2.50. The first-order valence-electron chi connectivity index (χ1n) is 10.2. The van der Waals surface area contributed by atoms with Gasteiger partial charge < -0.3 is 9.64 Å². The monoisotopic (exact) mass is 359 g/mol. The molecule has 2 fully saturated rings. The zero-order chi connectivity index (χ0) is 18.7. The van der Waals surface area contributed by atoms with Crippen molar-refractivity contribution in [2.45, 2.75) is 46.1 Å². The highest BCUT2D eigenvalue weighted by Crippen LogP contribution is 2.27. The van der Waals surface area contributed by atoms with Gasteiger partial charge in [-0.05, 0) is 71.2 Å². The van der Waals surface area contributed by atoms with E-state index < -0.39 is 0 Å². The molecular weight excluding hydrogens is 322 g/mol. The molecule has 0 saturated carbocycles. The normalized spacial score (nSPS) is 21.2. The fourth-order valence-corrected chi connectivity index (χ4v) is 4.35. The number of benzene rings is 1. The Hall–Kier alpha value is -1.26. The minimum Gasteiger partial charge on any atom is -0.496 e. The number of aryl methyl sites for hydroxylation is 1. The van der Waals surface area contributed by atoms with Gasteiger partial charge in [-0.2, -0.15) is 0 Å². The number of methoxy groups -OCH3 is 1. The molecule has 1 aromatic rings. The summed E-state index contributed by atoms with van der Waals surface area (Å²) >= 11 is 0. The Kier molecular flexibility index (Phi) is 6.13. The maximum absolute atomic E-state index is 5.49. The molecule has 0 N–H and O–H groups in total. The van der Waals surface area contributed by atoms with E-state index in [9.17, 15) is 0 Å². The van der Waals surface area contributed by atoms with Gasteiger partial charge in [0.1, 0.15) is 5.75 Å². The van der Waals surface area contributed by atoms with E-state index in [0.29, 0.717) is 5.54 Å². The molecule has 0 unspecified atom stereocenters. The lowest BCUT2D eigenvalue weighted by molar-refractivity contribution is 0.0735. The van der Waals surface area contributed by atoms with Crippen LogP contribution in [0.1, 0.15) is 39.2 Å². The van der Waals surface area contributed by atoms with Crippen molar-refractivity contribution < 1.29 is 4.74 Å². The zero-order valence-corrected chi connectivity index (χ0v) is 17.4. The Morgan fingerprint density at radius 2 is 1.65 bits per heavy atom. The number of likely N-dealkylation sites (tertiary alicyclic amines) is 1. The van der Waals surface area contributed by atoms with Crippen molar-refractivity contribution in [3.8, 4) is 5.75 Å². The van der Waals surface area contributed by atoms with Crippen LogP contribution >= 0.6 is 0 Å². The molecule has 146 valence electrons. The molecule has 0 aliphatic carbocycles. The van der Waals surface area contributed by atoms with Crippen LogP contribution in [0.15, 0.2) is 18.2 Å². The predicted octanol–water partition coefficient (Wildman–Crippen LogP) is 3.64. The molecule has 0 spiro atoms. The summed E-state index contributed by atoms with van der Waals surface area (Å²) in [6.07, 6.45) is 2.71. The van der Waals surface area contributed by atoms with Crippen LogP contribution in [0.2, 0.25) is 0 Å². The van der Waals surface area contributed by atoms with Gasteiger partial charge in [-0.1, -0.05) is 6.07 Å². The Morgan fingerprint density at radius 1 is 1.00 bits per heavy atom. The molecule has 26 heavy (non-hydrogen) atoms. The van der Waals surface area contributed by atoms with Crippen molar-refractivity contribution in [2.24, 2.45) is 5.92 Å². The Labute approximate surface area is 160 Å². The minimum absolute atomic E-state index is 0.325. The number of ether oxygens (including phenoxy) is 1. The molecule has 0 atom stereocenters. The summed E-state index contributed by atoms with van der Waals surface area (Å²) in [5.74, 6) is 1.87. The number of hydrogen-bond donors (Lipinski definition) is 0. The summed E-state index contributed by atoms with van der Waals surface area (Å²) in [6, 6.07) is 6.59. The van der Waals surface area contributed by atoms with E-state index in [1.54, 1.807) is 7.11 Å². The fraction of sp³-hybridized carbons (Fsp3) is 0.727.